The molecular formula is C39H28In2N10O. The molecule has 11 nitrogen and oxygen atoms in total. The Hall–Kier alpha value is -5.01. The fraction of sp³-hybridized carbons (Fsp3) is 0.103. The van der Waals surface area contributed by atoms with Gasteiger partial charge in [0.2, 0.25) is 0 Å². The van der Waals surface area contributed by atoms with Crippen LogP contribution >= 0.6 is 0 Å². The number of hydrogen-bond acceptors (Lipinski definition) is 7. The molecule has 0 saturated heterocycles. The second-order valence-corrected chi connectivity index (χ2v) is 19.6. The van der Waals surface area contributed by atoms with Crippen molar-refractivity contribution < 1.29 is 4.79 Å². The first-order chi connectivity index (χ1) is 25.7. The normalized spacial score (nSPS) is 18.6. The van der Waals surface area contributed by atoms with Gasteiger partial charge in [-0.05, 0) is 0 Å². The maximum absolute atomic E-state index is 15.2. The summed E-state index contributed by atoms with van der Waals surface area (Å²) >= 11 is -2.76. The van der Waals surface area contributed by atoms with Crippen molar-refractivity contribution in [2.45, 2.75) is 25.2 Å². The second kappa shape index (κ2) is 13.2. The number of allylic oxidation sites excluding steroid dienone is 2. The molecule has 2 unspecified atom stereocenters. The Balaban J connectivity index is 0.998. The summed E-state index contributed by atoms with van der Waals surface area (Å²) in [5, 5.41) is 14.1. The summed E-state index contributed by atoms with van der Waals surface area (Å²) < 4.78 is 12.4. The molecule has 52 heavy (non-hydrogen) atoms. The summed E-state index contributed by atoms with van der Waals surface area (Å²) in [5.74, 6) is 1.63. The van der Waals surface area contributed by atoms with Crippen LogP contribution in [0.3, 0.4) is 0 Å². The predicted molar refractivity (Wildman–Crippen MR) is 199 cm³/mol. The molecule has 4 aliphatic heterocycles. The van der Waals surface area contributed by atoms with Gasteiger partial charge in [-0.2, -0.15) is 0 Å². The zero-order chi connectivity index (χ0) is 34.6. The van der Waals surface area contributed by atoms with Crippen LogP contribution in [-0.2, 0) is 13.1 Å². The number of carbonyl (C=O) groups excluding carboxylic acids is 1. The van der Waals surface area contributed by atoms with Crippen molar-refractivity contribution >= 4 is 70.5 Å². The van der Waals surface area contributed by atoms with Crippen LogP contribution in [0.15, 0.2) is 128 Å². The molecule has 6 heterocycles. The number of rotatable bonds is 6. The molecule has 4 aliphatic rings. The molecule has 4 aromatic carbocycles. The number of urea groups is 1. The van der Waals surface area contributed by atoms with Crippen molar-refractivity contribution in [3.63, 3.8) is 0 Å². The van der Waals surface area contributed by atoms with Gasteiger partial charge in [-0.15, -0.1) is 0 Å². The average Bonchev–Trinajstić information content (AvgIpc) is 4.03. The van der Waals surface area contributed by atoms with Crippen LogP contribution in [0.25, 0.3) is 6.66 Å². The molecule has 2 N–H and O–H groups in total. The van der Waals surface area contributed by atoms with Crippen LogP contribution in [0.4, 0.5) is 4.79 Å². The van der Waals surface area contributed by atoms with Gasteiger partial charge in [0.15, 0.2) is 0 Å². The number of nitrogens with one attached hydrogen (secondary N) is 2. The molecule has 2 atom stereocenters. The van der Waals surface area contributed by atoms with Crippen molar-refractivity contribution in [3.8, 4) is 0 Å². The van der Waals surface area contributed by atoms with Crippen LogP contribution in [-0.4, -0.2) is 104 Å². The fourth-order valence-corrected chi connectivity index (χ4v) is 13.4. The van der Waals surface area contributed by atoms with E-state index in [-0.39, 0.29) is 18.1 Å². The summed E-state index contributed by atoms with van der Waals surface area (Å²) in [6, 6.07) is 33.5. The van der Waals surface area contributed by atoms with E-state index >= 15 is 4.79 Å². The van der Waals surface area contributed by atoms with Crippen molar-refractivity contribution in [1.82, 2.24) is 40.2 Å². The maximum atomic E-state index is 15.2. The molecule has 0 fully saturated rings. The summed E-state index contributed by atoms with van der Waals surface area (Å²) in [6.45, 7) is 1.07. The Morgan fingerprint density at radius 3 is 1.56 bits per heavy atom. The Kier molecular flexibility index (Phi) is 8.05. The number of amides is 2. The van der Waals surface area contributed by atoms with Gasteiger partial charge >= 0.3 is 325 Å². The van der Waals surface area contributed by atoms with E-state index in [2.05, 4.69) is 149 Å². The van der Waals surface area contributed by atoms with Gasteiger partial charge in [0.1, 0.15) is 0 Å². The first-order valence-electron chi connectivity index (χ1n) is 17.1. The minimum atomic E-state index is -1.38. The predicted octanol–water partition coefficient (Wildman–Crippen LogP) is 5.48. The third kappa shape index (κ3) is 5.57. The number of carbonyl (C=O) groups is 1. The molecule has 13 heteroatoms. The number of aromatic nitrogens is 6. The van der Waals surface area contributed by atoms with Gasteiger partial charge in [-0.1, -0.05) is 0 Å². The summed E-state index contributed by atoms with van der Waals surface area (Å²) in [5.41, 5.74) is 10.9. The first kappa shape index (κ1) is 31.7. The fourth-order valence-electron chi connectivity index (χ4n) is 7.74. The first-order valence-corrected chi connectivity index (χ1v) is 23.3. The molecule has 0 aliphatic carbocycles. The molecule has 10 rings (SSSR count). The van der Waals surface area contributed by atoms with Gasteiger partial charge in [0.05, 0.1) is 0 Å². The number of nitrogens with zero attached hydrogens (tertiary/aromatic N) is 8. The van der Waals surface area contributed by atoms with Crippen molar-refractivity contribution in [3.05, 3.63) is 178 Å². The van der Waals surface area contributed by atoms with Gasteiger partial charge in [-0.25, -0.2) is 0 Å². The van der Waals surface area contributed by atoms with Crippen molar-refractivity contribution in [2.24, 2.45) is 5.96 Å². The van der Waals surface area contributed by atoms with E-state index in [1.165, 1.54) is 17.8 Å². The molecule has 246 valence electrons. The van der Waals surface area contributed by atoms with Gasteiger partial charge in [0, 0.05) is 0 Å². The van der Waals surface area contributed by atoms with Gasteiger partial charge in [-0.3, -0.25) is 0 Å². The Morgan fingerprint density at radius 2 is 1.10 bits per heavy atom. The van der Waals surface area contributed by atoms with E-state index in [4.69, 9.17) is 5.96 Å². The Labute approximate surface area is 322 Å². The third-order valence-electron chi connectivity index (χ3n) is 10.1. The van der Waals surface area contributed by atoms with Gasteiger partial charge in [0.25, 0.3) is 0 Å². The molecule has 2 amide bonds. The molecule has 0 saturated carbocycles. The monoisotopic (exact) mass is 882 g/mol. The number of hydrogen-bond donors (Lipinski definition) is 2. The summed E-state index contributed by atoms with van der Waals surface area (Å²) in [4.78, 5) is 28.0. The minimum absolute atomic E-state index is 0.0138. The molecule has 0 bridgehead atoms. The Morgan fingerprint density at radius 1 is 0.615 bits per heavy atom. The van der Waals surface area contributed by atoms with E-state index in [0.29, 0.717) is 13.1 Å². The number of aromatic amines is 2. The van der Waals surface area contributed by atoms with Crippen LogP contribution in [0.5, 0.6) is 0 Å². The SMILES string of the molecule is O=C(N1Cc2ccccc2C1c1cccc(C2=[N][In][C](c3ncn[nH]3)=C2)c1)N1Cc2ccccc2C1c1cccc(C2=[N][In][C](c3ncn[nH]3)=C2)c1. The van der Waals surface area contributed by atoms with Crippen LogP contribution in [0.1, 0.15) is 68.2 Å². The zero-order valence-corrected chi connectivity index (χ0v) is 34.3. The van der Waals surface area contributed by atoms with E-state index in [1.54, 1.807) is 12.7 Å². The zero-order valence-electron chi connectivity index (χ0n) is 27.8. The van der Waals surface area contributed by atoms with E-state index in [1.807, 2.05) is 0 Å². The number of fused-ring (bicyclic) bond motifs is 2. The topological polar surface area (TPSA) is 131 Å². The van der Waals surface area contributed by atoms with Crippen LogP contribution < -0.4 is 0 Å². The van der Waals surface area contributed by atoms with Crippen LogP contribution in [0.2, 0.25) is 0 Å². The molecule has 6 aromatic rings. The van der Waals surface area contributed by atoms with Crippen molar-refractivity contribution in [1.29, 1.82) is 0 Å². The van der Waals surface area contributed by atoms with E-state index in [0.717, 1.165) is 56.5 Å². The third-order valence-corrected chi connectivity index (χ3v) is 16.6. The van der Waals surface area contributed by atoms with E-state index in [9.17, 15) is 0 Å². The number of H-pyrrole nitrogens is 2. The molecule has 2 aromatic heterocycles. The average molecular weight is 882 g/mol. The molecule has 0 spiro atoms. The summed E-state index contributed by atoms with van der Waals surface area (Å²) in [6.07, 6.45) is 7.39. The van der Waals surface area contributed by atoms with Crippen LogP contribution in [0, 0.1) is 0 Å². The summed E-state index contributed by atoms with van der Waals surface area (Å²) in [7, 11) is 0. The molecule has 2 radical (unpaired) electrons. The van der Waals surface area contributed by atoms with Gasteiger partial charge < -0.3 is 0 Å². The molecular weight excluding hydrogens is 854 g/mol. The quantitative estimate of drug-likeness (QED) is 0.229. The van der Waals surface area contributed by atoms with E-state index < -0.39 is 46.4 Å². The number of benzene rings is 4. The Bertz CT molecular complexity index is 2320. The van der Waals surface area contributed by atoms with Crippen molar-refractivity contribution in [2.75, 3.05) is 0 Å². The standard InChI is InChI=1S/C39H28N10O.2In/c40-33(15-17-35-42-23-44-46-35)25-9-5-11-27(19-25)37-31-13-3-1-7-29(31)21-48(37)39(50)49-22-30-8-2-4-14-32(30)38(49)28-12-6-10-26(20-28)34(41)16-18-36-43-24-45-47-36;;/h1-16,19-20,23-24,37-38H,21-22H2,(H,42,44,46)(H,43,45,47);;/q-2;2*+1. The second-order valence-electron chi connectivity index (χ2n) is 13.1.